The van der Waals surface area contributed by atoms with Gasteiger partial charge < -0.3 is 14.1 Å². The summed E-state index contributed by atoms with van der Waals surface area (Å²) < 4.78 is 11.1. The van der Waals surface area contributed by atoms with Crippen molar-refractivity contribution in [3.63, 3.8) is 0 Å². The molecule has 3 rings (SSSR count). The SMILES string of the molecule is CCN(C(=O)Cn1c(=O)oc2cc(C(=O)OC)ccc21)c1cccc(C)c1. The molecule has 0 radical (unpaired) electrons. The molecule has 0 spiro atoms. The summed E-state index contributed by atoms with van der Waals surface area (Å²) in [6.07, 6.45) is 0. The molecule has 0 saturated carbocycles. The molecular formula is C20H20N2O5. The maximum Gasteiger partial charge on any atom is 0.420 e. The molecule has 0 aliphatic heterocycles. The Kier molecular flexibility index (Phi) is 5.12. The number of carbonyl (C=O) groups is 2. The summed E-state index contributed by atoms with van der Waals surface area (Å²) in [6.45, 7) is 4.14. The molecule has 7 heteroatoms. The van der Waals surface area contributed by atoms with E-state index in [-0.39, 0.29) is 23.6 Å². The van der Waals surface area contributed by atoms with Gasteiger partial charge in [0.15, 0.2) is 5.58 Å². The minimum atomic E-state index is -0.652. The van der Waals surface area contributed by atoms with Gasteiger partial charge in [-0.05, 0) is 49.7 Å². The Morgan fingerprint density at radius 1 is 1.19 bits per heavy atom. The van der Waals surface area contributed by atoms with Crippen LogP contribution in [0, 0.1) is 6.92 Å². The van der Waals surface area contributed by atoms with Gasteiger partial charge in [0, 0.05) is 12.2 Å². The number of ether oxygens (including phenoxy) is 1. The number of esters is 1. The first-order valence-electron chi connectivity index (χ1n) is 8.53. The first kappa shape index (κ1) is 18.4. The van der Waals surface area contributed by atoms with Gasteiger partial charge >= 0.3 is 11.7 Å². The van der Waals surface area contributed by atoms with Gasteiger partial charge in [0.05, 0.1) is 18.2 Å². The second kappa shape index (κ2) is 7.49. The highest BCUT2D eigenvalue weighted by atomic mass is 16.5. The highest BCUT2D eigenvalue weighted by molar-refractivity contribution is 5.95. The van der Waals surface area contributed by atoms with E-state index in [0.717, 1.165) is 11.3 Å². The number of benzene rings is 2. The Morgan fingerprint density at radius 2 is 1.96 bits per heavy atom. The molecule has 0 atom stereocenters. The zero-order valence-electron chi connectivity index (χ0n) is 15.4. The van der Waals surface area contributed by atoms with Gasteiger partial charge in [-0.15, -0.1) is 0 Å². The van der Waals surface area contributed by atoms with Crippen LogP contribution in [0.4, 0.5) is 5.69 Å². The van der Waals surface area contributed by atoms with Crippen molar-refractivity contribution in [2.24, 2.45) is 0 Å². The van der Waals surface area contributed by atoms with Crippen LogP contribution in [0.5, 0.6) is 0 Å². The number of amides is 1. The van der Waals surface area contributed by atoms with E-state index in [9.17, 15) is 14.4 Å². The first-order valence-corrected chi connectivity index (χ1v) is 8.53. The predicted molar refractivity (Wildman–Crippen MR) is 101 cm³/mol. The zero-order valence-corrected chi connectivity index (χ0v) is 15.4. The van der Waals surface area contributed by atoms with Gasteiger partial charge in [-0.3, -0.25) is 9.36 Å². The summed E-state index contributed by atoms with van der Waals surface area (Å²) in [5.41, 5.74) is 2.76. The van der Waals surface area contributed by atoms with Crippen LogP contribution in [0.2, 0.25) is 0 Å². The summed E-state index contributed by atoms with van der Waals surface area (Å²) in [5.74, 6) is -1.41. The normalized spacial score (nSPS) is 10.8. The van der Waals surface area contributed by atoms with Gasteiger partial charge in [-0.1, -0.05) is 12.1 Å². The Bertz CT molecular complexity index is 1060. The van der Waals surface area contributed by atoms with Gasteiger partial charge in [-0.2, -0.15) is 0 Å². The average Bonchev–Trinajstić information content (AvgIpc) is 2.96. The highest BCUT2D eigenvalue weighted by Crippen LogP contribution is 2.19. The van der Waals surface area contributed by atoms with Crippen LogP contribution in [-0.2, 0) is 16.1 Å². The lowest BCUT2D eigenvalue weighted by Crippen LogP contribution is -2.35. The molecule has 0 bridgehead atoms. The molecule has 0 aliphatic carbocycles. The second-order valence-electron chi connectivity index (χ2n) is 6.11. The third kappa shape index (κ3) is 3.62. The van der Waals surface area contributed by atoms with E-state index in [2.05, 4.69) is 4.74 Å². The van der Waals surface area contributed by atoms with Crippen molar-refractivity contribution in [2.45, 2.75) is 20.4 Å². The minimum Gasteiger partial charge on any atom is -0.465 e. The van der Waals surface area contributed by atoms with Crippen LogP contribution < -0.4 is 10.7 Å². The molecule has 2 aromatic carbocycles. The molecule has 3 aromatic rings. The Balaban J connectivity index is 1.93. The fourth-order valence-corrected chi connectivity index (χ4v) is 2.98. The summed E-state index contributed by atoms with van der Waals surface area (Å²) >= 11 is 0. The van der Waals surface area contributed by atoms with E-state index in [0.29, 0.717) is 12.1 Å². The molecule has 1 amide bonds. The van der Waals surface area contributed by atoms with E-state index < -0.39 is 11.7 Å². The number of aryl methyl sites for hydroxylation is 1. The van der Waals surface area contributed by atoms with E-state index in [1.54, 1.807) is 11.0 Å². The molecule has 0 N–H and O–H groups in total. The van der Waals surface area contributed by atoms with Gasteiger partial charge in [-0.25, -0.2) is 9.59 Å². The monoisotopic (exact) mass is 368 g/mol. The smallest absolute Gasteiger partial charge is 0.420 e. The lowest BCUT2D eigenvalue weighted by atomic mass is 10.2. The van der Waals surface area contributed by atoms with Crippen LogP contribution in [0.15, 0.2) is 51.7 Å². The number of hydrogen-bond donors (Lipinski definition) is 0. The molecule has 7 nitrogen and oxygen atoms in total. The quantitative estimate of drug-likeness (QED) is 0.647. The standard InChI is InChI=1S/C20H20N2O5/c1-4-21(15-7-5-6-13(2)10-15)18(23)12-22-16-9-8-14(19(24)26-3)11-17(16)27-20(22)25/h5-11H,4,12H2,1-3H3. The number of nitrogens with zero attached hydrogens (tertiary/aromatic N) is 2. The van der Waals surface area contributed by atoms with Crippen molar-refractivity contribution >= 4 is 28.7 Å². The number of fused-ring (bicyclic) bond motifs is 1. The van der Waals surface area contributed by atoms with Crippen molar-refractivity contribution < 1.29 is 18.7 Å². The average molecular weight is 368 g/mol. The third-order valence-corrected chi connectivity index (χ3v) is 4.31. The van der Waals surface area contributed by atoms with Crippen LogP contribution >= 0.6 is 0 Å². The van der Waals surface area contributed by atoms with E-state index >= 15 is 0 Å². The number of aromatic nitrogens is 1. The molecule has 0 saturated heterocycles. The van der Waals surface area contributed by atoms with E-state index in [1.807, 2.05) is 38.1 Å². The molecule has 0 unspecified atom stereocenters. The molecule has 1 aromatic heterocycles. The van der Waals surface area contributed by atoms with Crippen LogP contribution in [0.3, 0.4) is 0 Å². The third-order valence-electron chi connectivity index (χ3n) is 4.31. The van der Waals surface area contributed by atoms with Crippen LogP contribution in [0.25, 0.3) is 11.1 Å². The zero-order chi connectivity index (χ0) is 19.6. The number of hydrogen-bond acceptors (Lipinski definition) is 5. The van der Waals surface area contributed by atoms with Crippen LogP contribution in [-0.4, -0.2) is 30.1 Å². The van der Waals surface area contributed by atoms with Crippen molar-refractivity contribution in [3.8, 4) is 0 Å². The predicted octanol–water partition coefficient (Wildman–Crippen LogP) is 2.74. The highest BCUT2D eigenvalue weighted by Gasteiger charge is 2.19. The van der Waals surface area contributed by atoms with Gasteiger partial charge in [0.25, 0.3) is 0 Å². The summed E-state index contributed by atoms with van der Waals surface area (Å²) in [5, 5.41) is 0. The number of likely N-dealkylation sites (N-methyl/N-ethyl adjacent to an activating group) is 1. The van der Waals surface area contributed by atoms with Gasteiger partial charge in [0.2, 0.25) is 5.91 Å². The largest absolute Gasteiger partial charge is 0.465 e. The lowest BCUT2D eigenvalue weighted by molar-refractivity contribution is -0.119. The Labute approximate surface area is 155 Å². The van der Waals surface area contributed by atoms with E-state index in [4.69, 9.17) is 4.42 Å². The maximum atomic E-state index is 12.8. The Morgan fingerprint density at radius 3 is 2.63 bits per heavy atom. The Hall–Kier alpha value is -3.35. The van der Waals surface area contributed by atoms with Crippen molar-refractivity contribution in [3.05, 3.63) is 64.1 Å². The first-order chi connectivity index (χ1) is 12.9. The molecular weight excluding hydrogens is 348 g/mol. The van der Waals surface area contributed by atoms with Crippen LogP contribution in [0.1, 0.15) is 22.8 Å². The molecule has 1 heterocycles. The fraction of sp³-hybridized carbons (Fsp3) is 0.250. The number of methoxy groups -OCH3 is 1. The number of oxazole rings is 1. The topological polar surface area (TPSA) is 81.8 Å². The minimum absolute atomic E-state index is 0.162. The molecule has 140 valence electrons. The lowest BCUT2D eigenvalue weighted by Gasteiger charge is -2.21. The van der Waals surface area contributed by atoms with Crippen molar-refractivity contribution in [1.29, 1.82) is 0 Å². The second-order valence-corrected chi connectivity index (χ2v) is 6.11. The van der Waals surface area contributed by atoms with Crippen molar-refractivity contribution in [1.82, 2.24) is 4.57 Å². The van der Waals surface area contributed by atoms with Crippen molar-refractivity contribution in [2.75, 3.05) is 18.6 Å². The maximum absolute atomic E-state index is 12.8. The molecule has 27 heavy (non-hydrogen) atoms. The summed E-state index contributed by atoms with van der Waals surface area (Å²) in [6, 6.07) is 12.1. The number of rotatable bonds is 5. The summed E-state index contributed by atoms with van der Waals surface area (Å²) in [7, 11) is 1.27. The molecule has 0 fully saturated rings. The van der Waals surface area contributed by atoms with E-state index in [1.165, 1.54) is 23.8 Å². The number of anilines is 1. The fourth-order valence-electron chi connectivity index (χ4n) is 2.98. The van der Waals surface area contributed by atoms with Gasteiger partial charge in [0.1, 0.15) is 6.54 Å². The summed E-state index contributed by atoms with van der Waals surface area (Å²) in [4.78, 5) is 38.3. The molecule has 0 aliphatic rings. The number of carbonyl (C=O) groups excluding carboxylic acids is 2.